The van der Waals surface area contributed by atoms with Gasteiger partial charge in [-0.3, -0.25) is 0 Å². The maximum absolute atomic E-state index is 8.55. The summed E-state index contributed by atoms with van der Waals surface area (Å²) in [6, 6.07) is 5.31. The third-order valence-corrected chi connectivity index (χ3v) is 1.80. The van der Waals surface area contributed by atoms with Crippen LogP contribution >= 0.6 is 0 Å². The fraction of sp³-hybridized carbons (Fsp3) is 0.500. The fourth-order valence-electron chi connectivity index (χ4n) is 1.07. The van der Waals surface area contributed by atoms with E-state index < -0.39 is 0 Å². The summed E-state index contributed by atoms with van der Waals surface area (Å²) in [7, 11) is 0. The van der Waals surface area contributed by atoms with Crippen molar-refractivity contribution in [2.45, 2.75) is 13.8 Å². The van der Waals surface area contributed by atoms with Gasteiger partial charge in [-0.15, -0.1) is 0 Å². The molecule has 4 heteroatoms. The van der Waals surface area contributed by atoms with E-state index in [-0.39, 0.29) is 0 Å². The highest BCUT2D eigenvalue weighted by Crippen LogP contribution is 2.08. The van der Waals surface area contributed by atoms with Gasteiger partial charge in [0.05, 0.1) is 12.8 Å². The lowest BCUT2D eigenvalue weighted by atomic mass is 10.2. The first-order valence-electron chi connectivity index (χ1n) is 5.29. The van der Waals surface area contributed by atoms with Crippen molar-refractivity contribution in [2.75, 3.05) is 19.8 Å². The third kappa shape index (κ3) is 4.76. The maximum atomic E-state index is 8.55. The molecule has 0 aromatic carbocycles. The van der Waals surface area contributed by atoms with E-state index in [1.54, 1.807) is 18.3 Å². The van der Waals surface area contributed by atoms with E-state index >= 15 is 0 Å². The molecule has 1 heterocycles. The first-order chi connectivity index (χ1) is 7.72. The van der Waals surface area contributed by atoms with Crippen molar-refractivity contribution in [3.63, 3.8) is 0 Å². The summed E-state index contributed by atoms with van der Waals surface area (Å²) >= 11 is 0. The van der Waals surface area contributed by atoms with Crippen LogP contribution in [0.1, 0.15) is 19.5 Å². The van der Waals surface area contributed by atoms with Crippen molar-refractivity contribution in [1.82, 2.24) is 4.98 Å². The molecule has 0 unspecified atom stereocenters. The Labute approximate surface area is 95.8 Å². The molecular weight excluding hydrogens is 204 g/mol. The minimum absolute atomic E-state index is 0.392. The Balaban J connectivity index is 2.20. The highest BCUT2D eigenvalue weighted by atomic mass is 16.5. The summed E-state index contributed by atoms with van der Waals surface area (Å²) in [5.41, 5.74) is 0.392. The molecule has 0 bridgehead atoms. The highest BCUT2D eigenvalue weighted by Gasteiger charge is 1.97. The van der Waals surface area contributed by atoms with E-state index in [9.17, 15) is 0 Å². The van der Waals surface area contributed by atoms with Crippen molar-refractivity contribution in [2.24, 2.45) is 5.92 Å². The zero-order valence-electron chi connectivity index (χ0n) is 9.64. The molecule has 16 heavy (non-hydrogen) atoms. The van der Waals surface area contributed by atoms with Gasteiger partial charge >= 0.3 is 0 Å². The SMILES string of the molecule is CC(C)COCCOc1ccc(C#N)nc1. The summed E-state index contributed by atoms with van der Waals surface area (Å²) in [6.07, 6.45) is 1.54. The number of hydrogen-bond donors (Lipinski definition) is 0. The minimum Gasteiger partial charge on any atom is -0.490 e. The summed E-state index contributed by atoms with van der Waals surface area (Å²) in [6.45, 7) is 6.02. The molecular formula is C12H16N2O2. The molecule has 0 saturated carbocycles. The smallest absolute Gasteiger partial charge is 0.140 e. The van der Waals surface area contributed by atoms with Gasteiger partial charge in [0.1, 0.15) is 24.1 Å². The molecule has 4 nitrogen and oxygen atoms in total. The number of pyridine rings is 1. The van der Waals surface area contributed by atoms with Crippen LogP contribution in [-0.4, -0.2) is 24.8 Å². The highest BCUT2D eigenvalue weighted by molar-refractivity contribution is 5.26. The van der Waals surface area contributed by atoms with E-state index in [0.29, 0.717) is 30.6 Å². The minimum atomic E-state index is 0.392. The van der Waals surface area contributed by atoms with E-state index in [1.807, 2.05) is 6.07 Å². The lowest BCUT2D eigenvalue weighted by Gasteiger charge is -2.08. The van der Waals surface area contributed by atoms with Crippen LogP contribution in [-0.2, 0) is 4.74 Å². The van der Waals surface area contributed by atoms with Crippen LogP contribution in [0.25, 0.3) is 0 Å². The summed E-state index contributed by atoms with van der Waals surface area (Å²) in [5, 5.41) is 8.55. The summed E-state index contributed by atoms with van der Waals surface area (Å²) in [5.74, 6) is 1.20. The van der Waals surface area contributed by atoms with Gasteiger partial charge in [-0.2, -0.15) is 5.26 Å². The summed E-state index contributed by atoms with van der Waals surface area (Å²) < 4.78 is 10.8. The van der Waals surface area contributed by atoms with Gasteiger partial charge < -0.3 is 9.47 Å². The molecule has 1 aromatic heterocycles. The number of nitriles is 1. The second kappa shape index (κ2) is 6.81. The van der Waals surface area contributed by atoms with Gasteiger partial charge in [0, 0.05) is 6.61 Å². The van der Waals surface area contributed by atoms with Gasteiger partial charge in [0.2, 0.25) is 0 Å². The maximum Gasteiger partial charge on any atom is 0.140 e. The van der Waals surface area contributed by atoms with Gasteiger partial charge in [-0.1, -0.05) is 13.8 Å². The third-order valence-electron chi connectivity index (χ3n) is 1.80. The van der Waals surface area contributed by atoms with Crippen LogP contribution in [0.5, 0.6) is 5.75 Å². The van der Waals surface area contributed by atoms with Gasteiger partial charge in [-0.05, 0) is 18.1 Å². The van der Waals surface area contributed by atoms with Gasteiger partial charge in [0.25, 0.3) is 0 Å². The number of rotatable bonds is 6. The predicted octanol–water partition coefficient (Wildman–Crippen LogP) is 2.00. The molecule has 0 spiro atoms. The zero-order valence-corrected chi connectivity index (χ0v) is 9.64. The van der Waals surface area contributed by atoms with Crippen LogP contribution in [0.3, 0.4) is 0 Å². The number of nitrogens with zero attached hydrogens (tertiary/aromatic N) is 2. The van der Waals surface area contributed by atoms with Gasteiger partial charge in [0.15, 0.2) is 0 Å². The van der Waals surface area contributed by atoms with Gasteiger partial charge in [-0.25, -0.2) is 4.98 Å². The standard InChI is InChI=1S/C12H16N2O2/c1-10(2)9-15-5-6-16-12-4-3-11(7-13)14-8-12/h3-4,8,10H,5-6,9H2,1-2H3. The largest absolute Gasteiger partial charge is 0.490 e. The summed E-state index contributed by atoms with van der Waals surface area (Å²) in [4.78, 5) is 3.90. The Kier molecular flexibility index (Phi) is 5.30. The fourth-order valence-corrected chi connectivity index (χ4v) is 1.07. The molecule has 0 aliphatic heterocycles. The van der Waals surface area contributed by atoms with E-state index in [0.717, 1.165) is 6.61 Å². The van der Waals surface area contributed by atoms with Crippen molar-refractivity contribution in [1.29, 1.82) is 5.26 Å². The van der Waals surface area contributed by atoms with Crippen molar-refractivity contribution in [3.8, 4) is 11.8 Å². The Morgan fingerprint density at radius 2 is 2.19 bits per heavy atom. The molecule has 1 rings (SSSR count). The Morgan fingerprint density at radius 1 is 1.38 bits per heavy atom. The van der Waals surface area contributed by atoms with Crippen LogP contribution < -0.4 is 4.74 Å². The molecule has 0 amide bonds. The number of hydrogen-bond acceptors (Lipinski definition) is 4. The Bertz CT molecular complexity index is 341. The van der Waals surface area contributed by atoms with E-state index in [1.165, 1.54) is 0 Å². The van der Waals surface area contributed by atoms with E-state index in [4.69, 9.17) is 14.7 Å². The lowest BCUT2D eigenvalue weighted by molar-refractivity contribution is 0.0818. The van der Waals surface area contributed by atoms with Crippen molar-refractivity contribution < 1.29 is 9.47 Å². The topological polar surface area (TPSA) is 55.1 Å². The quantitative estimate of drug-likeness (QED) is 0.688. The Morgan fingerprint density at radius 3 is 2.75 bits per heavy atom. The number of ether oxygens (including phenoxy) is 2. The average molecular weight is 220 g/mol. The first-order valence-corrected chi connectivity index (χ1v) is 5.29. The van der Waals surface area contributed by atoms with Crippen LogP contribution in [0.2, 0.25) is 0 Å². The molecule has 0 aliphatic carbocycles. The lowest BCUT2D eigenvalue weighted by Crippen LogP contribution is -2.10. The average Bonchev–Trinajstić information content (AvgIpc) is 2.29. The van der Waals surface area contributed by atoms with Crippen LogP contribution in [0.4, 0.5) is 0 Å². The molecule has 1 aromatic rings. The normalized spacial score (nSPS) is 10.1. The predicted molar refractivity (Wildman–Crippen MR) is 60.1 cm³/mol. The molecule has 86 valence electrons. The van der Waals surface area contributed by atoms with Crippen molar-refractivity contribution in [3.05, 3.63) is 24.0 Å². The zero-order chi connectivity index (χ0) is 11.8. The first kappa shape index (κ1) is 12.5. The second-order valence-electron chi connectivity index (χ2n) is 3.81. The molecule has 0 atom stereocenters. The molecule has 0 radical (unpaired) electrons. The second-order valence-corrected chi connectivity index (χ2v) is 3.81. The number of aromatic nitrogens is 1. The Hall–Kier alpha value is -1.60. The molecule has 0 N–H and O–H groups in total. The molecule has 0 fully saturated rings. The molecule has 0 aliphatic rings. The monoisotopic (exact) mass is 220 g/mol. The van der Waals surface area contributed by atoms with E-state index in [2.05, 4.69) is 18.8 Å². The van der Waals surface area contributed by atoms with Crippen molar-refractivity contribution >= 4 is 0 Å². The molecule has 0 saturated heterocycles. The van der Waals surface area contributed by atoms with Crippen LogP contribution in [0.15, 0.2) is 18.3 Å². The van der Waals surface area contributed by atoms with Crippen LogP contribution in [0, 0.1) is 17.2 Å².